The van der Waals surface area contributed by atoms with Crippen LogP contribution < -0.4 is 11.1 Å². The first-order valence-corrected chi connectivity index (χ1v) is 6.32. The van der Waals surface area contributed by atoms with Gasteiger partial charge in [-0.25, -0.2) is 0 Å². The fraction of sp³-hybridized carbons (Fsp3) is 0.917. The van der Waals surface area contributed by atoms with Crippen molar-refractivity contribution in [1.29, 1.82) is 0 Å². The Balaban J connectivity index is 2.70. The van der Waals surface area contributed by atoms with Gasteiger partial charge in [-0.05, 0) is 25.7 Å². The summed E-state index contributed by atoms with van der Waals surface area (Å²) in [5.41, 5.74) is 5.25. The normalized spacial score (nSPS) is 26.7. The summed E-state index contributed by atoms with van der Waals surface area (Å²) < 4.78 is 0. The topological polar surface area (TPSA) is 75.3 Å². The van der Waals surface area contributed by atoms with Crippen molar-refractivity contribution in [3.05, 3.63) is 0 Å². The first kappa shape index (κ1) is 13.5. The van der Waals surface area contributed by atoms with E-state index in [0.717, 1.165) is 25.7 Å². The minimum absolute atomic E-state index is 0.102. The van der Waals surface area contributed by atoms with Gasteiger partial charge in [0.1, 0.15) is 5.54 Å². The second kappa shape index (κ2) is 5.64. The fourth-order valence-corrected chi connectivity index (χ4v) is 2.51. The summed E-state index contributed by atoms with van der Waals surface area (Å²) in [6, 6.07) is 0.260. The van der Waals surface area contributed by atoms with Gasteiger partial charge in [0.25, 0.3) is 0 Å². The summed E-state index contributed by atoms with van der Waals surface area (Å²) in [6.07, 6.45) is 5.51. The fourth-order valence-electron chi connectivity index (χ4n) is 2.51. The molecular formula is C12H24N2O2. The second-order valence-corrected chi connectivity index (χ2v) is 4.79. The quantitative estimate of drug-likeness (QED) is 0.666. The monoisotopic (exact) mass is 228 g/mol. The van der Waals surface area contributed by atoms with Crippen LogP contribution in [0, 0.1) is 0 Å². The number of aliphatic carboxylic acids is 1. The number of nitrogens with one attached hydrogen (secondary N) is 1. The lowest BCUT2D eigenvalue weighted by atomic mass is 9.85. The van der Waals surface area contributed by atoms with Crippen LogP contribution in [0.5, 0.6) is 0 Å². The Morgan fingerprint density at radius 3 is 2.38 bits per heavy atom. The van der Waals surface area contributed by atoms with Gasteiger partial charge in [0.15, 0.2) is 0 Å². The highest BCUT2D eigenvalue weighted by Crippen LogP contribution is 2.23. The molecule has 0 bridgehead atoms. The molecule has 0 amide bonds. The first-order chi connectivity index (χ1) is 7.55. The predicted molar refractivity (Wildman–Crippen MR) is 64.3 cm³/mol. The lowest BCUT2D eigenvalue weighted by Gasteiger charge is -2.38. The molecule has 2 unspecified atom stereocenters. The van der Waals surface area contributed by atoms with Gasteiger partial charge in [0.05, 0.1) is 0 Å². The van der Waals surface area contributed by atoms with Crippen LogP contribution in [-0.2, 0) is 4.79 Å². The molecule has 1 rings (SSSR count). The molecule has 1 aliphatic carbocycles. The highest BCUT2D eigenvalue weighted by Gasteiger charge is 2.38. The van der Waals surface area contributed by atoms with E-state index in [1.165, 1.54) is 0 Å². The Labute approximate surface area is 97.6 Å². The van der Waals surface area contributed by atoms with Gasteiger partial charge in [-0.15, -0.1) is 0 Å². The van der Waals surface area contributed by atoms with Crippen LogP contribution in [0.25, 0.3) is 0 Å². The molecule has 4 N–H and O–H groups in total. The van der Waals surface area contributed by atoms with E-state index in [9.17, 15) is 9.90 Å². The number of nitrogens with two attached hydrogens (primary N) is 1. The summed E-state index contributed by atoms with van der Waals surface area (Å²) in [5, 5.41) is 12.6. The van der Waals surface area contributed by atoms with Gasteiger partial charge in [-0.2, -0.15) is 0 Å². The number of rotatable bonds is 5. The molecule has 0 aliphatic heterocycles. The van der Waals surface area contributed by atoms with Gasteiger partial charge in [0.2, 0.25) is 0 Å². The molecule has 1 aliphatic rings. The van der Waals surface area contributed by atoms with Gasteiger partial charge in [-0.3, -0.25) is 10.1 Å². The van der Waals surface area contributed by atoms with Gasteiger partial charge in [0, 0.05) is 12.1 Å². The van der Waals surface area contributed by atoms with E-state index in [4.69, 9.17) is 5.73 Å². The maximum atomic E-state index is 11.4. The third-order valence-electron chi connectivity index (χ3n) is 3.90. The molecule has 94 valence electrons. The van der Waals surface area contributed by atoms with Crippen molar-refractivity contribution in [2.45, 2.75) is 70.0 Å². The Morgan fingerprint density at radius 2 is 1.94 bits per heavy atom. The molecule has 2 atom stereocenters. The molecule has 0 heterocycles. The number of carboxylic acid groups (broad SMARTS) is 1. The van der Waals surface area contributed by atoms with Crippen molar-refractivity contribution in [3.63, 3.8) is 0 Å². The van der Waals surface area contributed by atoms with Crippen LogP contribution in [0.3, 0.4) is 0 Å². The second-order valence-electron chi connectivity index (χ2n) is 4.79. The van der Waals surface area contributed by atoms with Crippen molar-refractivity contribution in [1.82, 2.24) is 5.32 Å². The highest BCUT2D eigenvalue weighted by atomic mass is 16.4. The minimum Gasteiger partial charge on any atom is -0.480 e. The molecule has 0 saturated heterocycles. The third kappa shape index (κ3) is 2.74. The van der Waals surface area contributed by atoms with E-state index in [2.05, 4.69) is 5.32 Å². The number of carbonyl (C=O) groups is 1. The Morgan fingerprint density at radius 1 is 1.38 bits per heavy atom. The van der Waals surface area contributed by atoms with Gasteiger partial charge in [-0.1, -0.05) is 26.7 Å². The van der Waals surface area contributed by atoms with E-state index in [-0.39, 0.29) is 12.1 Å². The zero-order valence-corrected chi connectivity index (χ0v) is 10.3. The molecule has 16 heavy (non-hydrogen) atoms. The highest BCUT2D eigenvalue weighted by molar-refractivity contribution is 5.78. The van der Waals surface area contributed by atoms with E-state index < -0.39 is 11.5 Å². The van der Waals surface area contributed by atoms with E-state index in [1.54, 1.807) is 0 Å². The lowest BCUT2D eigenvalue weighted by molar-refractivity contribution is -0.145. The third-order valence-corrected chi connectivity index (χ3v) is 3.90. The lowest BCUT2D eigenvalue weighted by Crippen LogP contribution is -2.60. The van der Waals surface area contributed by atoms with Crippen LogP contribution in [0.2, 0.25) is 0 Å². The summed E-state index contributed by atoms with van der Waals surface area (Å²) in [5.74, 6) is -0.754. The zero-order valence-electron chi connectivity index (χ0n) is 10.3. The average Bonchev–Trinajstić information content (AvgIpc) is 2.28. The van der Waals surface area contributed by atoms with Crippen LogP contribution in [0.4, 0.5) is 0 Å². The summed E-state index contributed by atoms with van der Waals surface area (Å²) >= 11 is 0. The van der Waals surface area contributed by atoms with Crippen molar-refractivity contribution >= 4 is 5.97 Å². The van der Waals surface area contributed by atoms with E-state index in [1.807, 2.05) is 13.8 Å². The largest absolute Gasteiger partial charge is 0.480 e. The zero-order chi connectivity index (χ0) is 12.2. The number of carboxylic acids is 1. The average molecular weight is 228 g/mol. The van der Waals surface area contributed by atoms with Crippen molar-refractivity contribution in [2.75, 3.05) is 0 Å². The SMILES string of the molecule is CCC(CC)(NC1CCCCC1N)C(=O)O. The molecule has 4 nitrogen and oxygen atoms in total. The Kier molecular flexibility index (Phi) is 4.74. The van der Waals surface area contributed by atoms with Crippen molar-refractivity contribution < 1.29 is 9.90 Å². The van der Waals surface area contributed by atoms with Crippen molar-refractivity contribution in [2.24, 2.45) is 5.73 Å². The maximum Gasteiger partial charge on any atom is 0.323 e. The predicted octanol–water partition coefficient (Wildman–Crippen LogP) is 1.49. The molecule has 1 saturated carbocycles. The molecule has 0 aromatic carbocycles. The van der Waals surface area contributed by atoms with Crippen LogP contribution >= 0.6 is 0 Å². The number of hydrogen-bond acceptors (Lipinski definition) is 3. The molecule has 1 fully saturated rings. The molecule has 0 aromatic heterocycles. The standard InChI is InChI=1S/C12H24N2O2/c1-3-12(4-2,11(15)16)14-10-8-6-5-7-9(10)13/h9-10,14H,3-8,13H2,1-2H3,(H,15,16). The molecule has 0 spiro atoms. The maximum absolute atomic E-state index is 11.4. The summed E-state index contributed by atoms with van der Waals surface area (Å²) in [4.78, 5) is 11.4. The molecule has 0 aromatic rings. The molecule has 4 heteroatoms. The van der Waals surface area contributed by atoms with Gasteiger partial charge >= 0.3 is 5.97 Å². The van der Waals surface area contributed by atoms with E-state index >= 15 is 0 Å². The van der Waals surface area contributed by atoms with Crippen LogP contribution in [0.1, 0.15) is 52.4 Å². The van der Waals surface area contributed by atoms with Gasteiger partial charge < -0.3 is 10.8 Å². The number of hydrogen-bond donors (Lipinski definition) is 3. The molecule has 0 radical (unpaired) electrons. The smallest absolute Gasteiger partial charge is 0.323 e. The first-order valence-electron chi connectivity index (χ1n) is 6.32. The van der Waals surface area contributed by atoms with Crippen molar-refractivity contribution in [3.8, 4) is 0 Å². The Bertz CT molecular complexity index is 239. The summed E-state index contributed by atoms with van der Waals surface area (Å²) in [6.45, 7) is 3.83. The van der Waals surface area contributed by atoms with Crippen LogP contribution in [0.15, 0.2) is 0 Å². The van der Waals surface area contributed by atoms with E-state index in [0.29, 0.717) is 12.8 Å². The van der Waals surface area contributed by atoms with Crippen LogP contribution in [-0.4, -0.2) is 28.7 Å². The Hall–Kier alpha value is -0.610. The summed E-state index contributed by atoms with van der Waals surface area (Å²) in [7, 11) is 0. The minimum atomic E-state index is -0.792. The molecular weight excluding hydrogens is 204 g/mol.